The molecule has 0 heterocycles. The summed E-state index contributed by atoms with van der Waals surface area (Å²) in [6, 6.07) is 6.62. The lowest BCUT2D eigenvalue weighted by atomic mass is 10.1. The van der Waals surface area contributed by atoms with E-state index in [0.29, 0.717) is 11.7 Å². The van der Waals surface area contributed by atoms with Crippen LogP contribution in [0.4, 0.5) is 4.39 Å². The normalized spacial score (nSPS) is 24.6. The smallest absolute Gasteiger partial charge is 0.165 e. The van der Waals surface area contributed by atoms with Gasteiger partial charge in [0.15, 0.2) is 11.6 Å². The van der Waals surface area contributed by atoms with Crippen molar-refractivity contribution in [1.29, 1.82) is 0 Å². The lowest BCUT2D eigenvalue weighted by Crippen LogP contribution is -2.19. The van der Waals surface area contributed by atoms with E-state index in [4.69, 9.17) is 4.74 Å². The van der Waals surface area contributed by atoms with E-state index >= 15 is 0 Å². The van der Waals surface area contributed by atoms with Gasteiger partial charge >= 0.3 is 0 Å². The summed E-state index contributed by atoms with van der Waals surface area (Å²) < 4.78 is 19.0. The molecule has 88 valence electrons. The maximum atomic E-state index is 13.4. The first-order chi connectivity index (χ1) is 7.79. The van der Waals surface area contributed by atoms with Crippen molar-refractivity contribution in [3.63, 3.8) is 0 Å². The Morgan fingerprint density at radius 2 is 2.19 bits per heavy atom. The number of rotatable bonds is 4. The van der Waals surface area contributed by atoms with Crippen LogP contribution in [0.2, 0.25) is 0 Å². The highest BCUT2D eigenvalue weighted by Gasteiger charge is 2.26. The minimum Gasteiger partial charge on any atom is -0.487 e. The van der Waals surface area contributed by atoms with E-state index in [1.807, 2.05) is 7.05 Å². The molecule has 2 rings (SSSR count). The first-order valence-electron chi connectivity index (χ1n) is 5.85. The predicted octanol–water partition coefficient (Wildman–Crippen LogP) is 2.59. The summed E-state index contributed by atoms with van der Waals surface area (Å²) in [7, 11) is 1.96. The van der Waals surface area contributed by atoms with Crippen LogP contribution in [0, 0.1) is 11.7 Å². The average Bonchev–Trinajstić information content (AvgIpc) is 2.70. The predicted molar refractivity (Wildman–Crippen MR) is 62.1 cm³/mol. The highest BCUT2D eigenvalue weighted by molar-refractivity contribution is 5.24. The summed E-state index contributed by atoms with van der Waals surface area (Å²) in [5.74, 6) is 0.791. The fourth-order valence-corrected chi connectivity index (χ4v) is 2.33. The molecule has 1 N–H and O–H groups in total. The molecule has 1 aliphatic rings. The molecule has 1 aromatic rings. The van der Waals surface area contributed by atoms with Gasteiger partial charge in [0.1, 0.15) is 0 Å². The van der Waals surface area contributed by atoms with Gasteiger partial charge in [0, 0.05) is 0 Å². The van der Waals surface area contributed by atoms with E-state index in [1.165, 1.54) is 12.5 Å². The fraction of sp³-hybridized carbons (Fsp3) is 0.538. The van der Waals surface area contributed by atoms with Crippen LogP contribution in [0.15, 0.2) is 24.3 Å². The first kappa shape index (κ1) is 11.4. The van der Waals surface area contributed by atoms with Crippen molar-refractivity contribution in [2.24, 2.45) is 5.92 Å². The largest absolute Gasteiger partial charge is 0.487 e. The van der Waals surface area contributed by atoms with Crippen molar-refractivity contribution in [3.8, 4) is 5.75 Å². The van der Waals surface area contributed by atoms with E-state index in [0.717, 1.165) is 19.4 Å². The van der Waals surface area contributed by atoms with Crippen molar-refractivity contribution in [2.75, 3.05) is 13.6 Å². The molecule has 0 amide bonds. The molecule has 16 heavy (non-hydrogen) atoms. The number of benzene rings is 1. The minimum atomic E-state index is -0.264. The zero-order chi connectivity index (χ0) is 11.4. The molecule has 0 spiro atoms. The number of halogens is 1. The van der Waals surface area contributed by atoms with Gasteiger partial charge in [-0.15, -0.1) is 0 Å². The quantitative estimate of drug-likeness (QED) is 0.847. The number of ether oxygens (including phenoxy) is 1. The fourth-order valence-electron chi connectivity index (χ4n) is 2.33. The van der Waals surface area contributed by atoms with Gasteiger partial charge < -0.3 is 10.1 Å². The molecule has 1 fully saturated rings. The molecule has 0 saturated heterocycles. The number of nitrogens with one attached hydrogen (secondary N) is 1. The van der Waals surface area contributed by atoms with Gasteiger partial charge in [-0.1, -0.05) is 12.1 Å². The second-order valence-electron chi connectivity index (χ2n) is 4.41. The second-order valence-corrected chi connectivity index (χ2v) is 4.41. The SMILES string of the molecule is CNCC1CCC(Oc2ccccc2F)C1. The molecule has 2 unspecified atom stereocenters. The molecule has 0 aliphatic heterocycles. The summed E-state index contributed by atoms with van der Waals surface area (Å²) in [4.78, 5) is 0. The molecule has 0 aromatic heterocycles. The zero-order valence-electron chi connectivity index (χ0n) is 9.58. The van der Waals surface area contributed by atoms with E-state index in [1.54, 1.807) is 18.2 Å². The lowest BCUT2D eigenvalue weighted by Gasteiger charge is -2.14. The van der Waals surface area contributed by atoms with Crippen molar-refractivity contribution < 1.29 is 9.13 Å². The molecule has 2 nitrogen and oxygen atoms in total. The summed E-state index contributed by atoms with van der Waals surface area (Å²) in [5, 5.41) is 3.18. The lowest BCUT2D eigenvalue weighted by molar-refractivity contribution is 0.195. The molecular weight excluding hydrogens is 205 g/mol. The van der Waals surface area contributed by atoms with Gasteiger partial charge in [0.2, 0.25) is 0 Å². The van der Waals surface area contributed by atoms with Crippen LogP contribution < -0.4 is 10.1 Å². The Hall–Kier alpha value is -1.09. The van der Waals surface area contributed by atoms with E-state index < -0.39 is 0 Å². The Kier molecular flexibility index (Phi) is 3.78. The Bertz CT molecular complexity index is 342. The molecular formula is C13H18FNO. The van der Waals surface area contributed by atoms with Crippen molar-refractivity contribution in [3.05, 3.63) is 30.1 Å². The molecule has 1 aromatic carbocycles. The van der Waals surface area contributed by atoms with Crippen molar-refractivity contribution in [2.45, 2.75) is 25.4 Å². The number of para-hydroxylation sites is 1. The molecule has 3 heteroatoms. The average molecular weight is 223 g/mol. The van der Waals surface area contributed by atoms with Gasteiger partial charge in [0.25, 0.3) is 0 Å². The van der Waals surface area contributed by atoms with Crippen LogP contribution in [0.25, 0.3) is 0 Å². The molecule has 1 aliphatic carbocycles. The summed E-state index contributed by atoms with van der Waals surface area (Å²) in [5.41, 5.74) is 0. The van der Waals surface area contributed by atoms with Gasteiger partial charge in [-0.05, 0) is 50.9 Å². The van der Waals surface area contributed by atoms with Crippen LogP contribution in [0.1, 0.15) is 19.3 Å². The Labute approximate surface area is 95.8 Å². The summed E-state index contributed by atoms with van der Waals surface area (Å²) >= 11 is 0. The Morgan fingerprint density at radius 1 is 1.38 bits per heavy atom. The van der Waals surface area contributed by atoms with Crippen LogP contribution in [0.3, 0.4) is 0 Å². The third-order valence-electron chi connectivity index (χ3n) is 3.12. The molecule has 1 saturated carbocycles. The minimum absolute atomic E-state index is 0.176. The Morgan fingerprint density at radius 3 is 2.94 bits per heavy atom. The van der Waals surface area contributed by atoms with E-state index in [-0.39, 0.29) is 11.9 Å². The maximum absolute atomic E-state index is 13.4. The summed E-state index contributed by atoms with van der Waals surface area (Å²) in [6.07, 6.45) is 3.39. The van der Waals surface area contributed by atoms with Crippen molar-refractivity contribution in [1.82, 2.24) is 5.32 Å². The van der Waals surface area contributed by atoms with Crippen LogP contribution in [-0.4, -0.2) is 19.7 Å². The van der Waals surface area contributed by atoms with Gasteiger partial charge in [0.05, 0.1) is 6.10 Å². The zero-order valence-corrected chi connectivity index (χ0v) is 9.58. The molecule has 2 atom stereocenters. The standard InChI is InChI=1S/C13H18FNO/c1-15-9-10-6-7-11(8-10)16-13-5-3-2-4-12(13)14/h2-5,10-11,15H,6-9H2,1H3. The third kappa shape index (κ3) is 2.73. The van der Waals surface area contributed by atoms with Gasteiger partial charge in [-0.3, -0.25) is 0 Å². The maximum Gasteiger partial charge on any atom is 0.165 e. The van der Waals surface area contributed by atoms with E-state index in [9.17, 15) is 4.39 Å². The highest BCUT2D eigenvalue weighted by atomic mass is 19.1. The van der Waals surface area contributed by atoms with Gasteiger partial charge in [-0.25, -0.2) is 4.39 Å². The van der Waals surface area contributed by atoms with Crippen LogP contribution in [0.5, 0.6) is 5.75 Å². The third-order valence-corrected chi connectivity index (χ3v) is 3.12. The molecule has 0 bridgehead atoms. The van der Waals surface area contributed by atoms with Gasteiger partial charge in [-0.2, -0.15) is 0 Å². The summed E-state index contributed by atoms with van der Waals surface area (Å²) in [6.45, 7) is 1.02. The topological polar surface area (TPSA) is 21.3 Å². The number of hydrogen-bond acceptors (Lipinski definition) is 2. The number of hydrogen-bond donors (Lipinski definition) is 1. The van der Waals surface area contributed by atoms with Crippen molar-refractivity contribution >= 4 is 0 Å². The second kappa shape index (κ2) is 5.30. The molecule has 0 radical (unpaired) electrons. The van der Waals surface area contributed by atoms with E-state index in [2.05, 4.69) is 5.32 Å². The highest BCUT2D eigenvalue weighted by Crippen LogP contribution is 2.29. The van der Waals surface area contributed by atoms with Crippen LogP contribution in [-0.2, 0) is 0 Å². The monoisotopic (exact) mass is 223 g/mol. The van der Waals surface area contributed by atoms with Crippen LogP contribution >= 0.6 is 0 Å². The first-order valence-corrected chi connectivity index (χ1v) is 5.85. The Balaban J connectivity index is 1.90.